The SMILES string of the molecule is Cc1ccc(C(=O)N(C)C2CCS(=O)(=O)C2)c(F)c1. The van der Waals surface area contributed by atoms with Crippen molar-refractivity contribution in [2.75, 3.05) is 18.6 Å². The molecule has 0 spiro atoms. The van der Waals surface area contributed by atoms with Gasteiger partial charge in [-0.3, -0.25) is 4.79 Å². The van der Waals surface area contributed by atoms with Gasteiger partial charge in [-0.2, -0.15) is 0 Å². The number of halogens is 1. The molecular weight excluding hydrogens is 269 g/mol. The third kappa shape index (κ3) is 2.94. The molecule has 0 radical (unpaired) electrons. The first-order chi connectivity index (χ1) is 8.80. The van der Waals surface area contributed by atoms with Crippen molar-refractivity contribution in [2.24, 2.45) is 0 Å². The van der Waals surface area contributed by atoms with Crippen LogP contribution in [0.3, 0.4) is 0 Å². The predicted octanol–water partition coefficient (Wildman–Crippen LogP) is 1.39. The fourth-order valence-corrected chi connectivity index (χ4v) is 4.00. The summed E-state index contributed by atoms with van der Waals surface area (Å²) in [5, 5.41) is 0. The minimum Gasteiger partial charge on any atom is -0.338 e. The number of carbonyl (C=O) groups is 1. The molecule has 1 fully saturated rings. The van der Waals surface area contributed by atoms with Crippen molar-refractivity contribution in [2.45, 2.75) is 19.4 Å². The number of benzene rings is 1. The number of hydrogen-bond donors (Lipinski definition) is 0. The Hall–Kier alpha value is -1.43. The van der Waals surface area contributed by atoms with Gasteiger partial charge in [-0.25, -0.2) is 12.8 Å². The summed E-state index contributed by atoms with van der Waals surface area (Å²) in [5.41, 5.74) is 0.720. The maximum absolute atomic E-state index is 13.7. The minimum absolute atomic E-state index is 0.0163. The van der Waals surface area contributed by atoms with Gasteiger partial charge in [-0.15, -0.1) is 0 Å². The average molecular weight is 285 g/mol. The first kappa shape index (κ1) is 14.0. The molecule has 19 heavy (non-hydrogen) atoms. The van der Waals surface area contributed by atoms with Gasteiger partial charge in [0.05, 0.1) is 17.1 Å². The molecule has 0 bridgehead atoms. The number of rotatable bonds is 2. The lowest BCUT2D eigenvalue weighted by atomic mass is 10.1. The van der Waals surface area contributed by atoms with Gasteiger partial charge in [0, 0.05) is 13.1 Å². The molecule has 1 saturated heterocycles. The van der Waals surface area contributed by atoms with E-state index in [0.29, 0.717) is 6.42 Å². The first-order valence-corrected chi connectivity index (χ1v) is 7.86. The largest absolute Gasteiger partial charge is 0.338 e. The summed E-state index contributed by atoms with van der Waals surface area (Å²) in [6.45, 7) is 1.74. The summed E-state index contributed by atoms with van der Waals surface area (Å²) >= 11 is 0. The van der Waals surface area contributed by atoms with Crippen LogP contribution >= 0.6 is 0 Å². The molecule has 2 rings (SSSR count). The van der Waals surface area contributed by atoms with Gasteiger partial charge in [-0.05, 0) is 31.0 Å². The summed E-state index contributed by atoms with van der Waals surface area (Å²) < 4.78 is 36.5. The topological polar surface area (TPSA) is 54.5 Å². The van der Waals surface area contributed by atoms with Crippen LogP contribution in [0.5, 0.6) is 0 Å². The van der Waals surface area contributed by atoms with Crippen LogP contribution in [-0.4, -0.2) is 43.8 Å². The summed E-state index contributed by atoms with van der Waals surface area (Å²) in [7, 11) is -1.54. The number of aryl methyl sites for hydroxylation is 1. The molecule has 0 N–H and O–H groups in total. The number of amides is 1. The van der Waals surface area contributed by atoms with E-state index >= 15 is 0 Å². The molecule has 1 aliphatic rings. The fraction of sp³-hybridized carbons (Fsp3) is 0.462. The third-order valence-corrected chi connectivity index (χ3v) is 5.18. The Morgan fingerprint density at radius 2 is 2.11 bits per heavy atom. The lowest BCUT2D eigenvalue weighted by Crippen LogP contribution is -2.38. The van der Waals surface area contributed by atoms with Crippen LogP contribution in [0.25, 0.3) is 0 Å². The molecule has 6 heteroatoms. The number of carbonyl (C=O) groups excluding carboxylic acids is 1. The monoisotopic (exact) mass is 285 g/mol. The van der Waals surface area contributed by atoms with Crippen molar-refractivity contribution in [3.05, 3.63) is 35.1 Å². The Morgan fingerprint density at radius 3 is 2.63 bits per heavy atom. The maximum atomic E-state index is 13.7. The first-order valence-electron chi connectivity index (χ1n) is 6.04. The normalized spacial score (nSPS) is 21.3. The molecule has 1 atom stereocenters. The standard InChI is InChI=1S/C13H16FNO3S/c1-9-3-4-11(12(14)7-9)13(16)15(2)10-5-6-19(17,18)8-10/h3-4,7,10H,5-6,8H2,1-2H3. The van der Waals surface area contributed by atoms with Gasteiger partial charge >= 0.3 is 0 Å². The summed E-state index contributed by atoms with van der Waals surface area (Å²) in [6.07, 6.45) is 0.415. The van der Waals surface area contributed by atoms with E-state index < -0.39 is 21.6 Å². The van der Waals surface area contributed by atoms with E-state index in [1.165, 1.54) is 24.1 Å². The van der Waals surface area contributed by atoms with E-state index in [4.69, 9.17) is 0 Å². The van der Waals surface area contributed by atoms with E-state index in [0.717, 1.165) is 5.56 Å². The van der Waals surface area contributed by atoms with Crippen LogP contribution < -0.4 is 0 Å². The highest BCUT2D eigenvalue weighted by Crippen LogP contribution is 2.20. The minimum atomic E-state index is -3.06. The van der Waals surface area contributed by atoms with Crippen LogP contribution in [0.4, 0.5) is 4.39 Å². The van der Waals surface area contributed by atoms with Crippen molar-refractivity contribution in [3.63, 3.8) is 0 Å². The van der Waals surface area contributed by atoms with E-state index in [2.05, 4.69) is 0 Å². The highest BCUT2D eigenvalue weighted by molar-refractivity contribution is 7.91. The molecule has 4 nitrogen and oxygen atoms in total. The molecule has 0 aromatic heterocycles. The molecule has 104 valence electrons. The average Bonchev–Trinajstić information content (AvgIpc) is 2.68. The van der Waals surface area contributed by atoms with Gasteiger partial charge in [0.1, 0.15) is 5.82 Å². The molecule has 1 unspecified atom stereocenters. The molecular formula is C13H16FNO3S. The molecule has 1 aromatic carbocycles. The fourth-order valence-electron chi connectivity index (χ4n) is 2.23. The smallest absolute Gasteiger partial charge is 0.256 e. The second-order valence-electron chi connectivity index (χ2n) is 4.96. The van der Waals surface area contributed by atoms with E-state index in [1.54, 1.807) is 13.0 Å². The van der Waals surface area contributed by atoms with Crippen LogP contribution in [0, 0.1) is 12.7 Å². The lowest BCUT2D eigenvalue weighted by molar-refractivity contribution is 0.0743. The maximum Gasteiger partial charge on any atom is 0.256 e. The third-order valence-electron chi connectivity index (χ3n) is 3.43. The quantitative estimate of drug-likeness (QED) is 0.825. The van der Waals surface area contributed by atoms with Gasteiger partial charge in [-0.1, -0.05) is 6.07 Å². The van der Waals surface area contributed by atoms with Crippen LogP contribution in [0.2, 0.25) is 0 Å². The summed E-state index contributed by atoms with van der Waals surface area (Å²) in [6, 6.07) is 4.04. The Balaban J connectivity index is 2.20. The molecule has 1 aromatic rings. The summed E-state index contributed by atoms with van der Waals surface area (Å²) in [4.78, 5) is 13.5. The zero-order chi connectivity index (χ0) is 14.2. The van der Waals surface area contributed by atoms with Gasteiger partial charge in [0.15, 0.2) is 9.84 Å². The van der Waals surface area contributed by atoms with Crippen molar-refractivity contribution in [1.29, 1.82) is 0 Å². The lowest BCUT2D eigenvalue weighted by Gasteiger charge is -2.23. The van der Waals surface area contributed by atoms with Crippen LogP contribution in [0.15, 0.2) is 18.2 Å². The highest BCUT2D eigenvalue weighted by Gasteiger charge is 2.33. The highest BCUT2D eigenvalue weighted by atomic mass is 32.2. The van der Waals surface area contributed by atoms with Crippen molar-refractivity contribution >= 4 is 15.7 Å². The van der Waals surface area contributed by atoms with E-state index in [9.17, 15) is 17.6 Å². The second-order valence-corrected chi connectivity index (χ2v) is 7.18. The number of sulfone groups is 1. The zero-order valence-corrected chi connectivity index (χ0v) is 11.7. The van der Waals surface area contributed by atoms with E-state index in [1.807, 2.05) is 0 Å². The Bertz CT molecular complexity index is 612. The van der Waals surface area contributed by atoms with Crippen LogP contribution in [-0.2, 0) is 9.84 Å². The molecule has 1 heterocycles. The molecule has 0 saturated carbocycles. The second kappa shape index (κ2) is 4.92. The number of nitrogens with zero attached hydrogens (tertiary/aromatic N) is 1. The van der Waals surface area contributed by atoms with Crippen LogP contribution in [0.1, 0.15) is 22.3 Å². The Kier molecular flexibility index (Phi) is 3.62. The van der Waals surface area contributed by atoms with Gasteiger partial charge < -0.3 is 4.90 Å². The Morgan fingerprint density at radius 1 is 1.42 bits per heavy atom. The van der Waals surface area contributed by atoms with Crippen molar-refractivity contribution in [1.82, 2.24) is 4.90 Å². The van der Waals surface area contributed by atoms with Crippen molar-refractivity contribution in [3.8, 4) is 0 Å². The molecule has 1 amide bonds. The molecule has 0 aliphatic carbocycles. The van der Waals surface area contributed by atoms with E-state index in [-0.39, 0.29) is 23.1 Å². The summed E-state index contributed by atoms with van der Waals surface area (Å²) in [5.74, 6) is -0.994. The zero-order valence-electron chi connectivity index (χ0n) is 10.9. The molecule has 1 aliphatic heterocycles. The van der Waals surface area contributed by atoms with Gasteiger partial charge in [0.25, 0.3) is 5.91 Å². The Labute approximate surface area is 112 Å². The van der Waals surface area contributed by atoms with Gasteiger partial charge in [0.2, 0.25) is 0 Å². The van der Waals surface area contributed by atoms with Crippen molar-refractivity contribution < 1.29 is 17.6 Å². The predicted molar refractivity (Wildman–Crippen MR) is 70.3 cm³/mol. The number of hydrogen-bond acceptors (Lipinski definition) is 3.